The van der Waals surface area contributed by atoms with Crippen LogP contribution in [0.5, 0.6) is 0 Å². The van der Waals surface area contributed by atoms with Gasteiger partial charge in [-0.05, 0) is 85.8 Å². The van der Waals surface area contributed by atoms with Gasteiger partial charge < -0.3 is 39.3 Å². The Labute approximate surface area is 488 Å². The average Bonchev–Trinajstić information content (AvgIpc) is 4.06. The molecule has 0 spiro atoms. The smallest absolute Gasteiger partial charge is 0.410 e. The molecule has 2 aliphatic rings. The number of benzene rings is 2. The van der Waals surface area contributed by atoms with Crippen molar-refractivity contribution in [1.82, 2.24) is 19.6 Å². The number of hydrogen-bond donors (Lipinski definition) is 2. The molecule has 0 radical (unpaired) electrons. The van der Waals surface area contributed by atoms with E-state index in [0.717, 1.165) is 49.0 Å². The van der Waals surface area contributed by atoms with Gasteiger partial charge in [0.15, 0.2) is 11.6 Å². The van der Waals surface area contributed by atoms with Crippen molar-refractivity contribution in [3.8, 4) is 0 Å². The van der Waals surface area contributed by atoms with Gasteiger partial charge in [-0.15, -0.1) is 0 Å². The highest BCUT2D eigenvalue weighted by atomic mass is 32.2. The third kappa shape index (κ3) is 20.6. The van der Waals surface area contributed by atoms with Crippen LogP contribution in [0.15, 0.2) is 54.6 Å². The van der Waals surface area contributed by atoms with Crippen molar-refractivity contribution in [2.24, 2.45) is 35.5 Å². The molecule has 0 aromatic heterocycles. The number of rotatable bonds is 33. The zero-order valence-corrected chi connectivity index (χ0v) is 52.3. The van der Waals surface area contributed by atoms with Gasteiger partial charge in [-0.2, -0.15) is 11.8 Å². The fourth-order valence-corrected chi connectivity index (χ4v) is 11.9. The van der Waals surface area contributed by atoms with Crippen LogP contribution in [0.3, 0.4) is 0 Å². The van der Waals surface area contributed by atoms with Crippen LogP contribution in [0.4, 0.5) is 10.5 Å². The van der Waals surface area contributed by atoms with E-state index in [1.54, 1.807) is 45.3 Å². The molecule has 2 fully saturated rings. The topological polar surface area (TPSA) is 209 Å². The molecule has 1 unspecified atom stereocenters. The van der Waals surface area contributed by atoms with Gasteiger partial charge in [0.25, 0.3) is 0 Å². The molecule has 0 saturated carbocycles. The molecule has 0 aliphatic carbocycles. The molecule has 0 bridgehead atoms. The van der Waals surface area contributed by atoms with Gasteiger partial charge in [0.1, 0.15) is 12.4 Å². The molecule has 2 saturated heterocycles. The summed E-state index contributed by atoms with van der Waals surface area (Å²) in [5.41, 5.74) is 2.32. The van der Waals surface area contributed by atoms with Crippen LogP contribution in [0.25, 0.3) is 0 Å². The van der Waals surface area contributed by atoms with Crippen LogP contribution < -0.4 is 5.32 Å². The number of aliphatic hydroxyl groups is 1. The van der Waals surface area contributed by atoms with Crippen LogP contribution >= 0.6 is 11.8 Å². The molecule has 5 amide bonds. The van der Waals surface area contributed by atoms with Crippen molar-refractivity contribution in [3.63, 3.8) is 0 Å². The van der Waals surface area contributed by atoms with E-state index in [9.17, 15) is 43.5 Å². The maximum atomic E-state index is 13.9. The molecule has 2 aliphatic heterocycles. The Bertz CT molecular complexity index is 2310. The van der Waals surface area contributed by atoms with E-state index in [0.29, 0.717) is 32.2 Å². The summed E-state index contributed by atoms with van der Waals surface area (Å²) in [7, 11) is 6.60. The van der Waals surface area contributed by atoms with E-state index in [2.05, 4.69) is 19.2 Å². The van der Waals surface area contributed by atoms with Gasteiger partial charge in [0, 0.05) is 91.0 Å². The molecule has 2 aromatic carbocycles. The number of aliphatic hydroxyl groups excluding tert-OH is 1. The van der Waals surface area contributed by atoms with Crippen molar-refractivity contribution in [2.45, 2.75) is 188 Å². The maximum absolute atomic E-state index is 13.9. The number of carbonyl (C=O) groups excluding carboxylic acids is 8. The number of carbonyl (C=O) groups is 8. The summed E-state index contributed by atoms with van der Waals surface area (Å²) >= 11 is 1.41. The van der Waals surface area contributed by atoms with E-state index in [-0.39, 0.29) is 133 Å². The lowest BCUT2D eigenvalue weighted by molar-refractivity contribution is -0.145. The predicted octanol–water partition coefficient (Wildman–Crippen LogP) is 9.82. The Morgan fingerprint density at radius 1 is 0.802 bits per heavy atom. The summed E-state index contributed by atoms with van der Waals surface area (Å²) in [5.74, 6) is -1.41. The highest BCUT2D eigenvalue weighted by Gasteiger charge is 2.41. The van der Waals surface area contributed by atoms with E-state index >= 15 is 0 Å². The first-order valence-corrected chi connectivity index (χ1v) is 30.7. The summed E-state index contributed by atoms with van der Waals surface area (Å²) in [6, 6.07) is 15.7. The molecule has 2 aromatic rings. The fourth-order valence-electron chi connectivity index (χ4n) is 11.3. The number of likely N-dealkylation sites (tertiary alicyclic amines) is 2. The fraction of sp³-hybridized carbons (Fsp3) is 0.683. The second kappa shape index (κ2) is 35.1. The third-order valence-electron chi connectivity index (χ3n) is 16.5. The van der Waals surface area contributed by atoms with Crippen LogP contribution in [0.2, 0.25) is 0 Å². The van der Waals surface area contributed by atoms with Gasteiger partial charge >= 0.3 is 6.09 Å². The van der Waals surface area contributed by atoms with Crippen molar-refractivity contribution in [3.05, 3.63) is 65.7 Å². The van der Waals surface area contributed by atoms with Crippen molar-refractivity contribution >= 4 is 64.5 Å². The summed E-state index contributed by atoms with van der Waals surface area (Å²) in [6.07, 6.45) is 6.30. The predicted molar refractivity (Wildman–Crippen MR) is 319 cm³/mol. The summed E-state index contributed by atoms with van der Waals surface area (Å²) in [6.45, 7) is 20.7. The molecular formula is C63H99N5O12S. The van der Waals surface area contributed by atoms with Gasteiger partial charge in [-0.25, -0.2) is 4.79 Å². The lowest BCUT2D eigenvalue weighted by atomic mass is 9.84. The number of anilines is 1. The minimum absolute atomic E-state index is 0.000531. The van der Waals surface area contributed by atoms with Gasteiger partial charge in [-0.3, -0.25) is 38.5 Å². The normalized spacial score (nSPS) is 18.7. The van der Waals surface area contributed by atoms with Crippen LogP contribution in [-0.4, -0.2) is 162 Å². The minimum Gasteiger partial charge on any atom is -0.445 e. The lowest BCUT2D eigenvalue weighted by Crippen LogP contribution is -2.52. The second-order valence-corrected chi connectivity index (χ2v) is 24.0. The maximum Gasteiger partial charge on any atom is 0.410 e. The second-order valence-electron chi connectivity index (χ2n) is 23.0. The number of Topliss-reactive ketones (excluding diaryl/α,β-unsaturated/α-hetero) is 3. The lowest BCUT2D eigenvalue weighted by Gasteiger charge is -2.39. The quantitative estimate of drug-likeness (QED) is 0.0504. The Morgan fingerprint density at radius 2 is 1.46 bits per heavy atom. The van der Waals surface area contributed by atoms with Gasteiger partial charge in [0.05, 0.1) is 48.2 Å². The SMILES string of the molecule is CCC(=O)N1CCC[C@H]1[C@H](OC)[C@@H](C)C(=O)C[C@H](C)[C@@H](O)c1ccccc1.CC[C@H](C)[C@@H]([C@@H](C)OC)N(C)C(=O)[C@@H](CC(=O)[C@H](C(C)C)N(C)C(=O)OCc1ccc(NCC(=O)CCCCCN2C(=O)CC(SC)C2=O)cc1)C(C)C. The van der Waals surface area contributed by atoms with Crippen molar-refractivity contribution in [2.75, 3.05) is 59.5 Å². The number of thioether (sulfide) groups is 1. The van der Waals surface area contributed by atoms with Crippen molar-refractivity contribution < 1.29 is 57.7 Å². The molecule has 4 rings (SSSR count). The van der Waals surface area contributed by atoms with E-state index in [1.807, 2.05) is 109 Å². The number of ketones is 3. The van der Waals surface area contributed by atoms with E-state index < -0.39 is 24.2 Å². The first-order valence-electron chi connectivity index (χ1n) is 29.4. The zero-order chi connectivity index (χ0) is 60.7. The van der Waals surface area contributed by atoms with Crippen LogP contribution in [-0.2, 0) is 54.4 Å². The highest BCUT2D eigenvalue weighted by molar-refractivity contribution is 8.00. The number of hydrogen-bond acceptors (Lipinski definition) is 14. The third-order valence-corrected chi connectivity index (χ3v) is 17.4. The summed E-state index contributed by atoms with van der Waals surface area (Å²) < 4.78 is 16.9. The Morgan fingerprint density at radius 3 is 2.01 bits per heavy atom. The minimum atomic E-state index is -0.768. The molecule has 2 heterocycles. The van der Waals surface area contributed by atoms with E-state index in [1.165, 1.54) is 21.6 Å². The van der Waals surface area contributed by atoms with Gasteiger partial charge in [-0.1, -0.05) is 118 Å². The Kier molecular flexibility index (Phi) is 30.4. The van der Waals surface area contributed by atoms with Crippen LogP contribution in [0, 0.1) is 35.5 Å². The molecule has 17 nitrogen and oxygen atoms in total. The number of amides is 5. The Balaban J connectivity index is 0.000000530. The zero-order valence-electron chi connectivity index (χ0n) is 51.4. The number of unbranched alkanes of at least 4 members (excludes halogenated alkanes) is 2. The molecule has 81 heavy (non-hydrogen) atoms. The Hall–Kier alpha value is -5.17. The number of likely N-dealkylation sites (N-methyl/N-ethyl adjacent to an activating group) is 2. The molecule has 454 valence electrons. The number of methoxy groups -OCH3 is 2. The monoisotopic (exact) mass is 1150 g/mol. The highest BCUT2D eigenvalue weighted by Crippen LogP contribution is 2.32. The van der Waals surface area contributed by atoms with Crippen LogP contribution in [0.1, 0.15) is 157 Å². The van der Waals surface area contributed by atoms with Crippen molar-refractivity contribution in [1.29, 1.82) is 0 Å². The largest absolute Gasteiger partial charge is 0.445 e. The number of nitrogens with one attached hydrogen (secondary N) is 1. The number of ether oxygens (including phenoxy) is 3. The summed E-state index contributed by atoms with van der Waals surface area (Å²) in [5, 5.41) is 13.4. The van der Waals surface area contributed by atoms with Gasteiger partial charge in [0.2, 0.25) is 23.6 Å². The molecule has 18 heteroatoms. The average molecular weight is 1150 g/mol. The standard InChI is InChI=1S/C41H66N4O8S.C22H33NO4/c1-12-28(6)38(29(7)52-10)43(8)39(49)33(26(2)3)22-34(47)37(27(4)5)44(9)41(51)53-25-30-17-19-31(20-18-30)42-24-32(46)16-14-13-15-21-45-36(48)23-35(54-11)40(45)50;1-5-20(25)23-13-9-12-18(23)22(27-4)16(3)19(24)14-15(2)21(26)17-10-7-6-8-11-17/h17-20,26-29,33,35,37-38,42H,12-16,21-25H2,1-11H3;6-8,10-11,15-16,18,21-22,26H,5,9,12-14H2,1-4H3/t28-,29+,33-,35?,37-,38-;15-,16-,18-,21+,22+/m00/s1. The summed E-state index contributed by atoms with van der Waals surface area (Å²) in [4.78, 5) is 109. The molecule has 2 N–H and O–H groups in total. The first kappa shape index (κ1) is 70.1. The molecule has 11 atom stereocenters. The number of imide groups is 1. The molecular weight excluding hydrogens is 1050 g/mol. The number of nitrogens with zero attached hydrogens (tertiary/aromatic N) is 4. The van der Waals surface area contributed by atoms with E-state index in [4.69, 9.17) is 14.2 Å². The first-order chi connectivity index (χ1) is 38.4.